The normalized spacial score (nSPS) is 12.2. The minimum Gasteiger partial charge on any atom is -0.332 e. The van der Waals surface area contributed by atoms with Gasteiger partial charge < -0.3 is 4.90 Å². The highest BCUT2D eigenvalue weighted by molar-refractivity contribution is 6.30. The molecule has 0 N–H and O–H groups in total. The first kappa shape index (κ1) is 27.4. The van der Waals surface area contributed by atoms with Gasteiger partial charge in [-0.1, -0.05) is 98.2 Å². The Bertz CT molecular complexity index is 1630. The maximum absolute atomic E-state index is 14.6. The molecule has 4 aromatic carbocycles. The SMILES string of the molecule is CC(C)CN(C(=O)C(c1ccccc1)c1ccccc1)C(C)c1nc2ccccc2c(=O)n1-c1ccc(Cl)cc1. The lowest BCUT2D eigenvalue weighted by molar-refractivity contribution is -0.134. The van der Waals surface area contributed by atoms with Crippen molar-refractivity contribution in [1.82, 2.24) is 14.5 Å². The smallest absolute Gasteiger partial charge is 0.266 e. The number of carbonyl (C=O) groups excluding carboxylic acids is 1. The summed E-state index contributed by atoms with van der Waals surface area (Å²) in [5.41, 5.74) is 2.89. The van der Waals surface area contributed by atoms with Gasteiger partial charge >= 0.3 is 0 Å². The van der Waals surface area contributed by atoms with Gasteiger partial charge in [-0.2, -0.15) is 0 Å². The zero-order chi connectivity index (χ0) is 28.2. The number of carbonyl (C=O) groups is 1. The lowest BCUT2D eigenvalue weighted by Gasteiger charge is -2.35. The first-order chi connectivity index (χ1) is 19.3. The molecule has 0 saturated heterocycles. The number of nitrogens with zero attached hydrogens (tertiary/aromatic N) is 3. The topological polar surface area (TPSA) is 55.2 Å². The third-order valence-electron chi connectivity index (χ3n) is 7.09. The van der Waals surface area contributed by atoms with E-state index in [-0.39, 0.29) is 17.4 Å². The van der Waals surface area contributed by atoms with Crippen LogP contribution in [0, 0.1) is 5.92 Å². The van der Waals surface area contributed by atoms with E-state index in [9.17, 15) is 9.59 Å². The third kappa shape index (κ3) is 5.56. The Morgan fingerprint density at radius 2 is 1.35 bits per heavy atom. The molecular weight excluding hydrogens is 518 g/mol. The van der Waals surface area contributed by atoms with Crippen molar-refractivity contribution in [1.29, 1.82) is 0 Å². The molecule has 6 heteroatoms. The summed E-state index contributed by atoms with van der Waals surface area (Å²) in [7, 11) is 0. The highest BCUT2D eigenvalue weighted by Crippen LogP contribution is 2.32. The molecule has 202 valence electrons. The van der Waals surface area contributed by atoms with Crippen LogP contribution in [0.4, 0.5) is 0 Å². The van der Waals surface area contributed by atoms with E-state index in [0.717, 1.165) is 11.1 Å². The molecular formula is C34H32ClN3O2. The van der Waals surface area contributed by atoms with E-state index in [0.29, 0.717) is 34.0 Å². The van der Waals surface area contributed by atoms with Crippen LogP contribution >= 0.6 is 11.6 Å². The molecule has 0 saturated carbocycles. The Kier molecular flexibility index (Phi) is 8.13. The second-order valence-corrected chi connectivity index (χ2v) is 10.9. The first-order valence-electron chi connectivity index (χ1n) is 13.5. The van der Waals surface area contributed by atoms with E-state index in [1.807, 2.05) is 103 Å². The number of amides is 1. The molecule has 0 spiro atoms. The van der Waals surface area contributed by atoms with Gasteiger partial charge in [0.2, 0.25) is 5.91 Å². The van der Waals surface area contributed by atoms with Crippen molar-refractivity contribution in [3.05, 3.63) is 142 Å². The molecule has 5 rings (SSSR count). The van der Waals surface area contributed by atoms with E-state index in [4.69, 9.17) is 16.6 Å². The van der Waals surface area contributed by atoms with Gasteiger partial charge in [0.1, 0.15) is 5.82 Å². The van der Waals surface area contributed by atoms with Gasteiger partial charge in [0.05, 0.1) is 28.6 Å². The first-order valence-corrected chi connectivity index (χ1v) is 13.9. The van der Waals surface area contributed by atoms with Crippen LogP contribution in [-0.2, 0) is 4.79 Å². The summed E-state index contributed by atoms with van der Waals surface area (Å²) in [5, 5.41) is 1.09. The molecule has 0 aliphatic carbocycles. The number of hydrogen-bond donors (Lipinski definition) is 0. The lowest BCUT2D eigenvalue weighted by Crippen LogP contribution is -2.42. The summed E-state index contributed by atoms with van der Waals surface area (Å²) in [4.78, 5) is 35.4. The number of aromatic nitrogens is 2. The van der Waals surface area contributed by atoms with Gasteiger partial charge in [0, 0.05) is 11.6 Å². The molecule has 0 radical (unpaired) electrons. The number of fused-ring (bicyclic) bond motifs is 1. The average Bonchev–Trinajstić information content (AvgIpc) is 2.97. The second kappa shape index (κ2) is 11.9. The van der Waals surface area contributed by atoms with Crippen LogP contribution in [-0.4, -0.2) is 26.9 Å². The zero-order valence-electron chi connectivity index (χ0n) is 22.9. The molecule has 40 heavy (non-hydrogen) atoms. The summed E-state index contributed by atoms with van der Waals surface area (Å²) >= 11 is 6.18. The minimum atomic E-state index is -0.502. The maximum Gasteiger partial charge on any atom is 0.266 e. The van der Waals surface area contributed by atoms with Crippen molar-refractivity contribution in [2.24, 2.45) is 5.92 Å². The Hall–Kier alpha value is -4.22. The molecule has 1 amide bonds. The van der Waals surface area contributed by atoms with Crippen molar-refractivity contribution in [2.75, 3.05) is 6.54 Å². The van der Waals surface area contributed by atoms with E-state index in [2.05, 4.69) is 13.8 Å². The average molecular weight is 550 g/mol. The summed E-state index contributed by atoms with van der Waals surface area (Å²) in [6.07, 6.45) is 0. The molecule has 1 atom stereocenters. The number of rotatable bonds is 8. The molecule has 5 aromatic rings. The van der Waals surface area contributed by atoms with Crippen LogP contribution in [0.15, 0.2) is 114 Å². The van der Waals surface area contributed by atoms with E-state index < -0.39 is 12.0 Å². The van der Waals surface area contributed by atoms with E-state index in [1.54, 1.807) is 22.8 Å². The largest absolute Gasteiger partial charge is 0.332 e. The van der Waals surface area contributed by atoms with Crippen LogP contribution in [0.5, 0.6) is 0 Å². The van der Waals surface area contributed by atoms with Crippen molar-refractivity contribution in [3.63, 3.8) is 0 Å². The summed E-state index contributed by atoms with van der Waals surface area (Å²) in [5.74, 6) is 0.151. The summed E-state index contributed by atoms with van der Waals surface area (Å²) in [6.45, 7) is 6.63. The quantitative estimate of drug-likeness (QED) is 0.202. The van der Waals surface area contributed by atoms with Crippen LogP contribution < -0.4 is 5.56 Å². The highest BCUT2D eigenvalue weighted by Gasteiger charge is 2.33. The fourth-order valence-corrected chi connectivity index (χ4v) is 5.30. The van der Waals surface area contributed by atoms with Crippen LogP contribution in [0.25, 0.3) is 16.6 Å². The van der Waals surface area contributed by atoms with Gasteiger partial charge in [-0.15, -0.1) is 0 Å². The van der Waals surface area contributed by atoms with Crippen molar-refractivity contribution >= 4 is 28.4 Å². The number of halogens is 1. The number of hydrogen-bond acceptors (Lipinski definition) is 3. The molecule has 1 heterocycles. The monoisotopic (exact) mass is 549 g/mol. The Balaban J connectivity index is 1.69. The standard InChI is InChI=1S/C34H32ClN3O2/c1-23(2)22-37(34(40)31(25-12-6-4-7-13-25)26-14-8-5-9-15-26)24(3)32-36-30-17-11-10-16-29(30)33(39)38(32)28-20-18-27(35)19-21-28/h4-21,23-24,31H,22H2,1-3H3. The fourth-order valence-electron chi connectivity index (χ4n) is 5.18. The second-order valence-electron chi connectivity index (χ2n) is 10.4. The van der Waals surface area contributed by atoms with Crippen molar-refractivity contribution < 1.29 is 4.79 Å². The van der Waals surface area contributed by atoms with Gasteiger partial charge in [-0.3, -0.25) is 14.2 Å². The Labute approximate surface area is 239 Å². The maximum atomic E-state index is 14.6. The van der Waals surface area contributed by atoms with Crippen molar-refractivity contribution in [2.45, 2.75) is 32.7 Å². The third-order valence-corrected chi connectivity index (χ3v) is 7.34. The number of benzene rings is 4. The van der Waals surface area contributed by atoms with Gasteiger partial charge in [-0.25, -0.2) is 4.98 Å². The van der Waals surface area contributed by atoms with E-state index >= 15 is 0 Å². The highest BCUT2D eigenvalue weighted by atomic mass is 35.5. The zero-order valence-corrected chi connectivity index (χ0v) is 23.6. The molecule has 1 aromatic heterocycles. The Morgan fingerprint density at radius 3 is 1.93 bits per heavy atom. The predicted octanol–water partition coefficient (Wildman–Crippen LogP) is 7.42. The van der Waals surface area contributed by atoms with Crippen LogP contribution in [0.2, 0.25) is 5.02 Å². The molecule has 0 aliphatic rings. The van der Waals surface area contributed by atoms with Crippen LogP contribution in [0.1, 0.15) is 49.7 Å². The van der Waals surface area contributed by atoms with Crippen LogP contribution in [0.3, 0.4) is 0 Å². The summed E-state index contributed by atoms with van der Waals surface area (Å²) in [6, 6.07) is 33.6. The van der Waals surface area contributed by atoms with E-state index in [1.165, 1.54) is 0 Å². The Morgan fingerprint density at radius 1 is 0.800 bits per heavy atom. The molecule has 5 nitrogen and oxygen atoms in total. The number of para-hydroxylation sites is 1. The van der Waals surface area contributed by atoms with Gasteiger partial charge in [0.25, 0.3) is 5.56 Å². The fraction of sp³-hybridized carbons (Fsp3) is 0.206. The molecule has 0 bridgehead atoms. The molecule has 1 unspecified atom stereocenters. The molecule has 0 aliphatic heterocycles. The predicted molar refractivity (Wildman–Crippen MR) is 162 cm³/mol. The lowest BCUT2D eigenvalue weighted by atomic mass is 9.89. The summed E-state index contributed by atoms with van der Waals surface area (Å²) < 4.78 is 1.62. The van der Waals surface area contributed by atoms with Crippen molar-refractivity contribution in [3.8, 4) is 5.69 Å². The molecule has 0 fully saturated rings. The minimum absolute atomic E-state index is 0.0383. The van der Waals surface area contributed by atoms with Gasteiger partial charge in [-0.05, 0) is 60.4 Å². The van der Waals surface area contributed by atoms with Gasteiger partial charge in [0.15, 0.2) is 0 Å².